The molecule has 5 heteroatoms. The van der Waals surface area contributed by atoms with Crippen molar-refractivity contribution in [3.63, 3.8) is 0 Å². The number of hydrogen-bond acceptors (Lipinski definition) is 4. The van der Waals surface area contributed by atoms with E-state index in [4.69, 9.17) is 5.11 Å². The van der Waals surface area contributed by atoms with Crippen molar-refractivity contribution >= 4 is 17.2 Å². The Morgan fingerprint density at radius 3 is 2.69 bits per heavy atom. The van der Waals surface area contributed by atoms with E-state index in [0.717, 1.165) is 12.8 Å². The first-order chi connectivity index (χ1) is 7.74. The summed E-state index contributed by atoms with van der Waals surface area (Å²) in [6.45, 7) is 4.47. The first kappa shape index (κ1) is 13.1. The van der Waals surface area contributed by atoms with E-state index in [9.17, 15) is 4.79 Å². The third kappa shape index (κ3) is 3.02. The van der Waals surface area contributed by atoms with Gasteiger partial charge < -0.3 is 10.0 Å². The van der Waals surface area contributed by atoms with Crippen LogP contribution in [0.15, 0.2) is 10.9 Å². The van der Waals surface area contributed by atoms with E-state index in [0.29, 0.717) is 12.2 Å². The molecule has 1 heterocycles. The minimum Gasteiger partial charge on any atom is -0.395 e. The number of rotatable bonds is 6. The SMILES string of the molecule is CCC(CC)N(CCO)C(=O)c1cscn1. The summed E-state index contributed by atoms with van der Waals surface area (Å²) in [6, 6.07) is 0.182. The van der Waals surface area contributed by atoms with Gasteiger partial charge in [-0.25, -0.2) is 4.98 Å². The van der Waals surface area contributed by atoms with Gasteiger partial charge in [0.2, 0.25) is 0 Å². The van der Waals surface area contributed by atoms with Crippen LogP contribution >= 0.6 is 11.3 Å². The highest BCUT2D eigenvalue weighted by Crippen LogP contribution is 2.13. The number of carbonyl (C=O) groups is 1. The van der Waals surface area contributed by atoms with Crippen LogP contribution in [0.25, 0.3) is 0 Å². The highest BCUT2D eigenvalue weighted by molar-refractivity contribution is 7.07. The van der Waals surface area contributed by atoms with Crippen LogP contribution in [0.2, 0.25) is 0 Å². The highest BCUT2D eigenvalue weighted by atomic mass is 32.1. The Kier molecular flexibility index (Phi) is 5.42. The van der Waals surface area contributed by atoms with Crippen molar-refractivity contribution in [2.24, 2.45) is 0 Å². The Balaban J connectivity index is 2.80. The fourth-order valence-electron chi connectivity index (χ4n) is 1.75. The molecule has 1 aromatic heterocycles. The maximum atomic E-state index is 12.1. The number of nitrogens with zero attached hydrogens (tertiary/aromatic N) is 2. The van der Waals surface area contributed by atoms with Crippen LogP contribution in [0.5, 0.6) is 0 Å². The zero-order valence-electron chi connectivity index (χ0n) is 9.72. The molecule has 0 saturated carbocycles. The molecule has 0 fully saturated rings. The molecule has 0 bridgehead atoms. The van der Waals surface area contributed by atoms with Crippen molar-refractivity contribution in [1.82, 2.24) is 9.88 Å². The summed E-state index contributed by atoms with van der Waals surface area (Å²) in [4.78, 5) is 17.8. The number of hydrogen-bond donors (Lipinski definition) is 1. The molecule has 1 rings (SSSR count). The molecule has 0 aromatic carbocycles. The second-order valence-electron chi connectivity index (χ2n) is 3.57. The molecular weight excluding hydrogens is 224 g/mol. The second kappa shape index (κ2) is 6.60. The van der Waals surface area contributed by atoms with Crippen molar-refractivity contribution in [3.05, 3.63) is 16.6 Å². The van der Waals surface area contributed by atoms with Crippen molar-refractivity contribution in [1.29, 1.82) is 0 Å². The number of aliphatic hydroxyl groups excluding tert-OH is 1. The lowest BCUT2D eigenvalue weighted by Crippen LogP contribution is -2.41. The number of aromatic nitrogens is 1. The smallest absolute Gasteiger partial charge is 0.273 e. The Hall–Kier alpha value is -0.940. The third-order valence-electron chi connectivity index (χ3n) is 2.64. The summed E-state index contributed by atoms with van der Waals surface area (Å²) in [5, 5.41) is 10.8. The molecular formula is C11H18N2O2S. The lowest BCUT2D eigenvalue weighted by molar-refractivity contribution is 0.0617. The molecule has 0 aliphatic carbocycles. The van der Waals surface area contributed by atoms with E-state index in [-0.39, 0.29) is 18.6 Å². The second-order valence-corrected chi connectivity index (χ2v) is 4.28. The maximum absolute atomic E-state index is 12.1. The molecule has 0 spiro atoms. The molecule has 1 aromatic rings. The lowest BCUT2D eigenvalue weighted by atomic mass is 10.1. The van der Waals surface area contributed by atoms with Crippen LogP contribution in [0, 0.1) is 0 Å². The molecule has 0 aliphatic rings. The fraction of sp³-hybridized carbons (Fsp3) is 0.636. The van der Waals surface area contributed by atoms with Crippen LogP contribution in [0.3, 0.4) is 0 Å². The Morgan fingerprint density at radius 2 is 2.25 bits per heavy atom. The van der Waals surface area contributed by atoms with Crippen LogP contribution in [0.1, 0.15) is 37.2 Å². The van der Waals surface area contributed by atoms with Gasteiger partial charge in [0.15, 0.2) is 0 Å². The topological polar surface area (TPSA) is 53.4 Å². The summed E-state index contributed by atoms with van der Waals surface area (Å²) >= 11 is 1.41. The number of aliphatic hydroxyl groups is 1. The summed E-state index contributed by atoms with van der Waals surface area (Å²) in [5.74, 6) is -0.0796. The minimum absolute atomic E-state index is 0.00756. The molecule has 4 nitrogen and oxygen atoms in total. The van der Waals surface area contributed by atoms with Crippen LogP contribution in [-0.2, 0) is 0 Å². The van der Waals surface area contributed by atoms with E-state index in [2.05, 4.69) is 4.98 Å². The molecule has 0 saturated heterocycles. The predicted octanol–water partition coefficient (Wildman–Crippen LogP) is 1.77. The normalized spacial score (nSPS) is 10.8. The van der Waals surface area contributed by atoms with Crippen molar-refractivity contribution in [3.8, 4) is 0 Å². The van der Waals surface area contributed by atoms with Gasteiger partial charge in [-0.2, -0.15) is 0 Å². The average Bonchev–Trinajstić information content (AvgIpc) is 2.82. The summed E-state index contributed by atoms with van der Waals surface area (Å²) in [7, 11) is 0. The number of carbonyl (C=O) groups excluding carboxylic acids is 1. The van der Waals surface area contributed by atoms with Gasteiger partial charge in [-0.15, -0.1) is 11.3 Å². The van der Waals surface area contributed by atoms with Crippen LogP contribution in [-0.4, -0.2) is 40.1 Å². The van der Waals surface area contributed by atoms with E-state index in [1.807, 2.05) is 13.8 Å². The molecule has 16 heavy (non-hydrogen) atoms. The Bertz CT molecular complexity index is 310. The molecule has 0 aliphatic heterocycles. The van der Waals surface area contributed by atoms with E-state index in [1.54, 1.807) is 15.8 Å². The van der Waals surface area contributed by atoms with E-state index >= 15 is 0 Å². The summed E-state index contributed by atoms with van der Waals surface area (Å²) in [6.07, 6.45) is 1.79. The van der Waals surface area contributed by atoms with Gasteiger partial charge >= 0.3 is 0 Å². The molecule has 1 N–H and O–H groups in total. The van der Waals surface area contributed by atoms with Gasteiger partial charge in [0.05, 0.1) is 12.1 Å². The van der Waals surface area contributed by atoms with Crippen LogP contribution < -0.4 is 0 Å². The zero-order valence-corrected chi connectivity index (χ0v) is 10.5. The van der Waals surface area contributed by atoms with Crippen molar-refractivity contribution in [2.75, 3.05) is 13.2 Å². The van der Waals surface area contributed by atoms with Crippen molar-refractivity contribution in [2.45, 2.75) is 32.7 Å². The summed E-state index contributed by atoms with van der Waals surface area (Å²) < 4.78 is 0. The van der Waals surface area contributed by atoms with Crippen molar-refractivity contribution < 1.29 is 9.90 Å². The fourth-order valence-corrected chi connectivity index (χ4v) is 2.28. The third-order valence-corrected chi connectivity index (χ3v) is 3.22. The van der Waals surface area contributed by atoms with Gasteiger partial charge in [-0.3, -0.25) is 4.79 Å². The Labute approximate surface area is 99.9 Å². The number of thiazole rings is 1. The monoisotopic (exact) mass is 242 g/mol. The van der Waals surface area contributed by atoms with E-state index < -0.39 is 0 Å². The standard InChI is InChI=1S/C11H18N2O2S/c1-3-9(4-2)13(5-6-14)11(15)10-7-16-8-12-10/h7-9,14H,3-6H2,1-2H3. The maximum Gasteiger partial charge on any atom is 0.273 e. The van der Waals surface area contributed by atoms with Gasteiger partial charge in [0.25, 0.3) is 5.91 Å². The first-order valence-corrected chi connectivity index (χ1v) is 6.48. The first-order valence-electron chi connectivity index (χ1n) is 5.54. The van der Waals surface area contributed by atoms with Gasteiger partial charge in [-0.1, -0.05) is 13.8 Å². The lowest BCUT2D eigenvalue weighted by Gasteiger charge is -2.29. The highest BCUT2D eigenvalue weighted by Gasteiger charge is 2.22. The average molecular weight is 242 g/mol. The van der Waals surface area contributed by atoms with Gasteiger partial charge in [-0.05, 0) is 12.8 Å². The molecule has 0 radical (unpaired) electrons. The van der Waals surface area contributed by atoms with Gasteiger partial charge in [0, 0.05) is 18.0 Å². The zero-order chi connectivity index (χ0) is 12.0. The predicted molar refractivity (Wildman–Crippen MR) is 64.6 cm³/mol. The molecule has 90 valence electrons. The Morgan fingerprint density at radius 1 is 1.56 bits per heavy atom. The van der Waals surface area contributed by atoms with Crippen LogP contribution in [0.4, 0.5) is 0 Å². The van der Waals surface area contributed by atoms with E-state index in [1.165, 1.54) is 11.3 Å². The number of amides is 1. The largest absolute Gasteiger partial charge is 0.395 e. The molecule has 1 amide bonds. The summed E-state index contributed by atoms with van der Waals surface area (Å²) in [5.41, 5.74) is 2.13. The quantitative estimate of drug-likeness (QED) is 0.827. The molecule has 0 atom stereocenters. The minimum atomic E-state index is -0.0796. The van der Waals surface area contributed by atoms with Gasteiger partial charge in [0.1, 0.15) is 5.69 Å². The molecule has 0 unspecified atom stereocenters.